The first-order valence-corrected chi connectivity index (χ1v) is 12.3. The molecule has 0 aliphatic carbocycles. The molecule has 0 saturated carbocycles. The third kappa shape index (κ3) is 6.44. The van der Waals surface area contributed by atoms with Crippen molar-refractivity contribution in [2.45, 2.75) is 32.2 Å². The lowest BCUT2D eigenvalue weighted by Gasteiger charge is -2.32. The van der Waals surface area contributed by atoms with Crippen LogP contribution in [0.1, 0.15) is 29.5 Å². The largest absolute Gasteiger partial charge is 0.480 e. The summed E-state index contributed by atoms with van der Waals surface area (Å²) < 4.78 is 0. The first kappa shape index (κ1) is 24.5. The summed E-state index contributed by atoms with van der Waals surface area (Å²) in [4.78, 5) is 43.7. The number of carboxylic acid groups (broad SMARTS) is 1. The Morgan fingerprint density at radius 2 is 2.00 bits per heavy atom. The SMILES string of the molecule is CSCCC(NC(=O)C1=C(c2ccccc2C)CN(C(=O)Cc2cccnc2)CC1)C(=O)O. The molecule has 1 atom stereocenters. The van der Waals surface area contributed by atoms with Crippen LogP contribution in [0, 0.1) is 6.92 Å². The van der Waals surface area contributed by atoms with Gasteiger partial charge >= 0.3 is 5.97 Å². The van der Waals surface area contributed by atoms with Crippen molar-refractivity contribution in [3.8, 4) is 0 Å². The number of benzene rings is 1. The molecule has 8 heteroatoms. The fraction of sp³-hybridized carbons (Fsp3) is 0.360. The Labute approximate surface area is 198 Å². The maximum Gasteiger partial charge on any atom is 0.326 e. The quantitative estimate of drug-likeness (QED) is 0.588. The molecule has 2 aromatic rings. The number of pyridine rings is 1. The smallest absolute Gasteiger partial charge is 0.326 e. The number of carboxylic acids is 1. The first-order chi connectivity index (χ1) is 15.9. The maximum absolute atomic E-state index is 13.2. The van der Waals surface area contributed by atoms with Crippen LogP contribution in [-0.4, -0.2) is 63.9 Å². The minimum Gasteiger partial charge on any atom is -0.480 e. The van der Waals surface area contributed by atoms with Crippen LogP contribution in [0.4, 0.5) is 0 Å². The number of carbonyl (C=O) groups is 3. The molecule has 0 saturated heterocycles. The molecule has 0 bridgehead atoms. The van der Waals surface area contributed by atoms with Gasteiger partial charge in [0.25, 0.3) is 0 Å². The molecule has 33 heavy (non-hydrogen) atoms. The Bertz CT molecular complexity index is 1040. The maximum atomic E-state index is 13.2. The summed E-state index contributed by atoms with van der Waals surface area (Å²) in [7, 11) is 0. The number of carbonyl (C=O) groups excluding carboxylic acids is 2. The van der Waals surface area contributed by atoms with Gasteiger partial charge in [0, 0.05) is 31.1 Å². The minimum absolute atomic E-state index is 0.0306. The normalized spacial score (nSPS) is 14.7. The number of hydrogen-bond acceptors (Lipinski definition) is 5. The second-order valence-electron chi connectivity index (χ2n) is 8.02. The second kappa shape index (κ2) is 11.7. The molecule has 2 N–H and O–H groups in total. The van der Waals surface area contributed by atoms with E-state index in [9.17, 15) is 19.5 Å². The molecule has 1 aromatic heterocycles. The molecular weight excluding hydrogens is 438 g/mol. The van der Waals surface area contributed by atoms with Crippen molar-refractivity contribution in [1.82, 2.24) is 15.2 Å². The molecule has 174 valence electrons. The van der Waals surface area contributed by atoms with Crippen molar-refractivity contribution in [2.75, 3.05) is 25.1 Å². The summed E-state index contributed by atoms with van der Waals surface area (Å²) in [6, 6.07) is 10.5. The van der Waals surface area contributed by atoms with Crippen molar-refractivity contribution >= 4 is 35.1 Å². The highest BCUT2D eigenvalue weighted by molar-refractivity contribution is 7.98. The molecule has 7 nitrogen and oxygen atoms in total. The van der Waals surface area contributed by atoms with Crippen molar-refractivity contribution in [2.24, 2.45) is 0 Å². The second-order valence-corrected chi connectivity index (χ2v) is 9.01. The van der Waals surface area contributed by atoms with Crippen molar-refractivity contribution in [1.29, 1.82) is 0 Å². The third-order valence-corrected chi connectivity index (χ3v) is 6.38. The zero-order chi connectivity index (χ0) is 23.8. The highest BCUT2D eigenvalue weighted by Gasteiger charge is 2.30. The van der Waals surface area contributed by atoms with Crippen molar-refractivity contribution in [3.63, 3.8) is 0 Å². The van der Waals surface area contributed by atoms with E-state index in [1.165, 1.54) is 11.8 Å². The van der Waals surface area contributed by atoms with Crippen LogP contribution in [0.25, 0.3) is 5.57 Å². The van der Waals surface area contributed by atoms with Crippen LogP contribution in [-0.2, 0) is 20.8 Å². The van der Waals surface area contributed by atoms with E-state index in [1.54, 1.807) is 23.4 Å². The predicted molar refractivity (Wildman–Crippen MR) is 130 cm³/mol. The molecule has 1 aliphatic rings. The number of aliphatic carboxylic acids is 1. The van der Waals surface area contributed by atoms with Gasteiger partial charge < -0.3 is 15.3 Å². The average molecular weight is 468 g/mol. The Morgan fingerprint density at radius 1 is 1.21 bits per heavy atom. The third-order valence-electron chi connectivity index (χ3n) is 5.73. The lowest BCUT2D eigenvalue weighted by atomic mass is 9.90. The number of rotatable bonds is 9. The van der Waals surface area contributed by atoms with E-state index in [1.807, 2.05) is 43.5 Å². The van der Waals surface area contributed by atoms with Gasteiger partial charge in [0.1, 0.15) is 6.04 Å². The van der Waals surface area contributed by atoms with E-state index in [0.717, 1.165) is 22.3 Å². The molecule has 1 unspecified atom stereocenters. The van der Waals surface area contributed by atoms with Crippen LogP contribution in [0.2, 0.25) is 0 Å². The minimum atomic E-state index is -1.04. The van der Waals surface area contributed by atoms with Crippen molar-refractivity contribution in [3.05, 3.63) is 71.1 Å². The first-order valence-electron chi connectivity index (χ1n) is 10.9. The standard InChI is InChI=1S/C25H29N3O4S/c1-17-6-3-4-8-19(17)21-16-28(23(29)14-18-7-5-11-26-15-18)12-9-20(21)24(30)27-22(25(31)32)10-13-33-2/h3-8,11,15,22H,9-10,12-14,16H2,1-2H3,(H,27,30)(H,31,32). The van der Waals surface area contributed by atoms with Crippen LogP contribution in [0.15, 0.2) is 54.4 Å². The van der Waals surface area contributed by atoms with Gasteiger partial charge in [-0.3, -0.25) is 14.6 Å². The average Bonchev–Trinajstić information content (AvgIpc) is 2.82. The van der Waals surface area contributed by atoms with Gasteiger partial charge in [-0.25, -0.2) is 4.79 Å². The Hall–Kier alpha value is -3.13. The summed E-state index contributed by atoms with van der Waals surface area (Å²) in [5.41, 5.74) is 4.05. The molecule has 3 rings (SSSR count). The van der Waals surface area contributed by atoms with E-state index in [0.29, 0.717) is 37.3 Å². The lowest BCUT2D eigenvalue weighted by molar-refractivity contribution is -0.141. The fourth-order valence-electron chi connectivity index (χ4n) is 3.91. The number of nitrogens with zero attached hydrogens (tertiary/aromatic N) is 2. The molecule has 1 aromatic carbocycles. The number of aromatic nitrogens is 1. The Kier molecular flexibility index (Phi) is 8.65. The summed E-state index contributed by atoms with van der Waals surface area (Å²) in [6.45, 7) is 2.67. The van der Waals surface area contributed by atoms with Gasteiger partial charge in [-0.1, -0.05) is 30.3 Å². The number of hydrogen-bond donors (Lipinski definition) is 2. The van der Waals surface area contributed by atoms with E-state index in [4.69, 9.17) is 0 Å². The molecule has 0 fully saturated rings. The van der Waals surface area contributed by atoms with Crippen molar-refractivity contribution < 1.29 is 19.5 Å². The summed E-state index contributed by atoms with van der Waals surface area (Å²) in [5.74, 6) is -0.810. The number of amides is 2. The van der Waals surface area contributed by atoms with E-state index < -0.39 is 12.0 Å². The zero-order valence-electron chi connectivity index (χ0n) is 18.9. The Balaban J connectivity index is 1.87. The molecule has 0 spiro atoms. The molecule has 2 amide bonds. The van der Waals surface area contributed by atoms with E-state index >= 15 is 0 Å². The number of thioether (sulfide) groups is 1. The zero-order valence-corrected chi connectivity index (χ0v) is 19.7. The summed E-state index contributed by atoms with van der Waals surface area (Å²) >= 11 is 1.54. The number of aryl methyl sites for hydroxylation is 1. The van der Waals surface area contributed by atoms with Crippen LogP contribution in [0.3, 0.4) is 0 Å². The van der Waals surface area contributed by atoms with E-state index in [-0.39, 0.29) is 18.2 Å². The topological polar surface area (TPSA) is 99.6 Å². The van der Waals surface area contributed by atoms with Crippen LogP contribution < -0.4 is 5.32 Å². The highest BCUT2D eigenvalue weighted by atomic mass is 32.2. The van der Waals surface area contributed by atoms with Gasteiger partial charge in [0.05, 0.1) is 6.42 Å². The van der Waals surface area contributed by atoms with Gasteiger partial charge in [0.2, 0.25) is 11.8 Å². The molecule has 0 radical (unpaired) electrons. The van der Waals surface area contributed by atoms with Gasteiger partial charge in [0.15, 0.2) is 0 Å². The Morgan fingerprint density at radius 3 is 2.67 bits per heavy atom. The fourth-order valence-corrected chi connectivity index (χ4v) is 4.38. The van der Waals surface area contributed by atoms with Crippen LogP contribution in [0.5, 0.6) is 0 Å². The highest BCUT2D eigenvalue weighted by Crippen LogP contribution is 2.29. The molecule has 1 aliphatic heterocycles. The predicted octanol–water partition coefficient (Wildman–Crippen LogP) is 2.94. The summed E-state index contributed by atoms with van der Waals surface area (Å²) in [6.07, 6.45) is 6.21. The van der Waals surface area contributed by atoms with Crippen LogP contribution >= 0.6 is 11.8 Å². The summed E-state index contributed by atoms with van der Waals surface area (Å²) in [5, 5.41) is 12.2. The van der Waals surface area contributed by atoms with Gasteiger partial charge in [-0.15, -0.1) is 0 Å². The monoisotopic (exact) mass is 467 g/mol. The lowest BCUT2D eigenvalue weighted by Crippen LogP contribution is -2.45. The number of nitrogens with one attached hydrogen (secondary N) is 1. The van der Waals surface area contributed by atoms with Gasteiger partial charge in [-0.2, -0.15) is 11.8 Å². The van der Waals surface area contributed by atoms with Gasteiger partial charge in [-0.05, 0) is 60.1 Å². The van der Waals surface area contributed by atoms with E-state index in [2.05, 4.69) is 10.3 Å². The molecular formula is C25H29N3O4S. The molecule has 2 heterocycles.